The van der Waals surface area contributed by atoms with E-state index in [9.17, 15) is 24.5 Å². The van der Waals surface area contributed by atoms with Gasteiger partial charge in [-0.2, -0.15) is 0 Å². The summed E-state index contributed by atoms with van der Waals surface area (Å²) >= 11 is 0. The number of hydrogen-bond acceptors (Lipinski definition) is 6. The molecule has 10 heteroatoms. The van der Waals surface area contributed by atoms with Crippen molar-refractivity contribution in [2.24, 2.45) is 0 Å². The lowest BCUT2D eigenvalue weighted by Gasteiger charge is -2.26. The molecule has 27 heavy (non-hydrogen) atoms. The first-order valence-corrected chi connectivity index (χ1v) is 8.54. The fourth-order valence-electron chi connectivity index (χ4n) is 2.55. The molecule has 1 aromatic rings. The molecule has 0 aromatic heterocycles. The molecule has 1 aliphatic heterocycles. The molecule has 2 N–H and O–H groups in total. The van der Waals surface area contributed by atoms with Gasteiger partial charge in [-0.05, 0) is 13.0 Å². The maximum atomic E-state index is 12.0. The Balaban J connectivity index is 1.73. The Morgan fingerprint density at radius 2 is 1.93 bits per heavy atom. The molecule has 0 aliphatic carbocycles. The van der Waals surface area contributed by atoms with Crippen LogP contribution in [0.5, 0.6) is 0 Å². The van der Waals surface area contributed by atoms with Gasteiger partial charge in [0.05, 0.1) is 24.7 Å². The number of ether oxygens (including phenoxy) is 1. The monoisotopic (exact) mass is 378 g/mol. The summed E-state index contributed by atoms with van der Waals surface area (Å²) in [6.07, 6.45) is 0.170. The van der Waals surface area contributed by atoms with Crippen LogP contribution in [0.25, 0.3) is 0 Å². The second-order valence-corrected chi connectivity index (χ2v) is 6.03. The summed E-state index contributed by atoms with van der Waals surface area (Å²) in [5.74, 6) is -1.09. The number of carbonyl (C=O) groups excluding carboxylic acids is 3. The van der Waals surface area contributed by atoms with Crippen molar-refractivity contribution in [3.63, 3.8) is 0 Å². The number of morpholine rings is 1. The third kappa shape index (κ3) is 6.03. The van der Waals surface area contributed by atoms with Crippen molar-refractivity contribution < 1.29 is 24.0 Å². The van der Waals surface area contributed by atoms with Gasteiger partial charge in [0.2, 0.25) is 11.8 Å². The summed E-state index contributed by atoms with van der Waals surface area (Å²) in [4.78, 5) is 47.8. The summed E-state index contributed by atoms with van der Waals surface area (Å²) in [5.41, 5.74) is 0.385. The van der Waals surface area contributed by atoms with Crippen molar-refractivity contribution in [1.82, 2.24) is 15.5 Å². The summed E-state index contributed by atoms with van der Waals surface area (Å²) in [5, 5.41) is 15.9. The van der Waals surface area contributed by atoms with Crippen molar-refractivity contribution in [3.05, 3.63) is 39.4 Å². The summed E-state index contributed by atoms with van der Waals surface area (Å²) in [6, 6.07) is 4.10. The molecule has 1 fully saturated rings. The molecule has 0 atom stereocenters. The molecule has 10 nitrogen and oxygen atoms in total. The highest BCUT2D eigenvalue weighted by molar-refractivity contribution is 5.97. The third-order valence-corrected chi connectivity index (χ3v) is 4.10. The lowest BCUT2D eigenvalue weighted by molar-refractivity contribution is -0.385. The van der Waals surface area contributed by atoms with Gasteiger partial charge >= 0.3 is 0 Å². The Kier molecular flexibility index (Phi) is 7.24. The minimum atomic E-state index is -0.586. The molecule has 1 aromatic carbocycles. The number of rotatable bonds is 7. The average Bonchev–Trinajstić information content (AvgIpc) is 2.66. The normalized spacial score (nSPS) is 13.7. The number of nitrogens with one attached hydrogen (secondary N) is 2. The van der Waals surface area contributed by atoms with Gasteiger partial charge in [0.15, 0.2) is 0 Å². The molecule has 1 saturated heterocycles. The highest BCUT2D eigenvalue weighted by Crippen LogP contribution is 2.19. The minimum Gasteiger partial charge on any atom is -0.378 e. The first-order valence-electron chi connectivity index (χ1n) is 8.54. The van der Waals surface area contributed by atoms with Crippen molar-refractivity contribution in [3.8, 4) is 0 Å². The van der Waals surface area contributed by atoms with E-state index in [0.717, 1.165) is 0 Å². The predicted molar refractivity (Wildman–Crippen MR) is 95.2 cm³/mol. The van der Waals surface area contributed by atoms with E-state index in [1.54, 1.807) is 11.8 Å². The second-order valence-electron chi connectivity index (χ2n) is 6.03. The smallest absolute Gasteiger partial charge is 0.273 e. The lowest BCUT2D eigenvalue weighted by atomic mass is 10.1. The van der Waals surface area contributed by atoms with Gasteiger partial charge in [-0.15, -0.1) is 0 Å². The summed E-state index contributed by atoms with van der Waals surface area (Å²) in [6.45, 7) is 3.58. The topological polar surface area (TPSA) is 131 Å². The van der Waals surface area contributed by atoms with Crippen LogP contribution in [0.2, 0.25) is 0 Å². The molecular weight excluding hydrogens is 356 g/mol. The first-order chi connectivity index (χ1) is 12.9. The Hall–Kier alpha value is -3.01. The third-order valence-electron chi connectivity index (χ3n) is 4.10. The zero-order chi connectivity index (χ0) is 19.8. The van der Waals surface area contributed by atoms with Gasteiger partial charge in [0.1, 0.15) is 0 Å². The summed E-state index contributed by atoms with van der Waals surface area (Å²) in [7, 11) is 0. The maximum absolute atomic E-state index is 12.0. The molecule has 1 heterocycles. The van der Waals surface area contributed by atoms with Gasteiger partial charge in [0.25, 0.3) is 11.6 Å². The van der Waals surface area contributed by atoms with E-state index in [1.807, 2.05) is 0 Å². The Bertz CT molecular complexity index is 730. The quantitative estimate of drug-likeness (QED) is 0.507. The Morgan fingerprint density at radius 3 is 2.59 bits per heavy atom. The SMILES string of the molecule is Cc1ccc(C(=O)NCC(=O)NCCC(=O)N2CCOCC2)cc1[N+](=O)[O-]. The van der Waals surface area contributed by atoms with Gasteiger partial charge in [-0.3, -0.25) is 24.5 Å². The predicted octanol–water partition coefficient (Wildman–Crippen LogP) is -0.00188. The molecule has 146 valence electrons. The zero-order valence-corrected chi connectivity index (χ0v) is 15.0. The van der Waals surface area contributed by atoms with Gasteiger partial charge < -0.3 is 20.3 Å². The van der Waals surface area contributed by atoms with Gasteiger partial charge in [-0.25, -0.2) is 0 Å². The van der Waals surface area contributed by atoms with E-state index in [-0.39, 0.29) is 36.7 Å². The van der Waals surface area contributed by atoms with Crippen LogP contribution in [0.15, 0.2) is 18.2 Å². The second kappa shape index (κ2) is 9.62. The number of nitro groups is 1. The largest absolute Gasteiger partial charge is 0.378 e. The van der Waals surface area contributed by atoms with Crippen LogP contribution >= 0.6 is 0 Å². The zero-order valence-electron chi connectivity index (χ0n) is 15.0. The average molecular weight is 378 g/mol. The highest BCUT2D eigenvalue weighted by atomic mass is 16.6. The van der Waals surface area contributed by atoms with Gasteiger partial charge in [0, 0.05) is 43.2 Å². The number of amides is 3. The Labute approximate surface area is 156 Å². The molecule has 1 aliphatic rings. The maximum Gasteiger partial charge on any atom is 0.273 e. The minimum absolute atomic E-state index is 0.0606. The molecule has 0 saturated carbocycles. The molecule has 0 unspecified atom stereocenters. The number of benzene rings is 1. The van der Waals surface area contributed by atoms with Crippen LogP contribution in [0.4, 0.5) is 5.69 Å². The number of aryl methyl sites for hydroxylation is 1. The van der Waals surface area contributed by atoms with E-state index in [1.165, 1.54) is 18.2 Å². The van der Waals surface area contributed by atoms with Crippen LogP contribution in [-0.4, -0.2) is 66.9 Å². The number of nitrogens with zero attached hydrogens (tertiary/aromatic N) is 2. The molecule has 3 amide bonds. The van der Waals surface area contributed by atoms with Gasteiger partial charge in [-0.1, -0.05) is 6.07 Å². The standard InChI is InChI=1S/C17H22N4O6/c1-12-2-3-13(10-14(12)21(25)26)17(24)19-11-15(22)18-5-4-16(23)20-6-8-27-9-7-20/h2-3,10H,4-9,11H2,1H3,(H,18,22)(H,19,24). The lowest BCUT2D eigenvalue weighted by Crippen LogP contribution is -2.43. The molecule has 0 bridgehead atoms. The molecule has 0 radical (unpaired) electrons. The van der Waals surface area contributed by atoms with Crippen LogP contribution < -0.4 is 10.6 Å². The molecule has 0 spiro atoms. The number of nitro benzene ring substituents is 1. The first kappa shape index (κ1) is 20.3. The van der Waals surface area contributed by atoms with E-state index in [0.29, 0.717) is 31.9 Å². The fraction of sp³-hybridized carbons (Fsp3) is 0.471. The van der Waals surface area contributed by atoms with Crippen LogP contribution in [0.1, 0.15) is 22.3 Å². The number of hydrogen-bond donors (Lipinski definition) is 2. The highest BCUT2D eigenvalue weighted by Gasteiger charge is 2.17. The van der Waals surface area contributed by atoms with Crippen molar-refractivity contribution in [2.45, 2.75) is 13.3 Å². The van der Waals surface area contributed by atoms with E-state index in [2.05, 4.69) is 10.6 Å². The van der Waals surface area contributed by atoms with E-state index < -0.39 is 16.7 Å². The van der Waals surface area contributed by atoms with E-state index >= 15 is 0 Å². The summed E-state index contributed by atoms with van der Waals surface area (Å²) < 4.78 is 5.17. The molecular formula is C17H22N4O6. The van der Waals surface area contributed by atoms with E-state index in [4.69, 9.17) is 4.74 Å². The van der Waals surface area contributed by atoms with Crippen molar-refractivity contribution >= 4 is 23.4 Å². The van der Waals surface area contributed by atoms with Crippen LogP contribution in [-0.2, 0) is 14.3 Å². The Morgan fingerprint density at radius 1 is 1.22 bits per heavy atom. The van der Waals surface area contributed by atoms with Crippen LogP contribution in [0.3, 0.4) is 0 Å². The van der Waals surface area contributed by atoms with Crippen molar-refractivity contribution in [2.75, 3.05) is 39.4 Å². The van der Waals surface area contributed by atoms with Crippen molar-refractivity contribution in [1.29, 1.82) is 0 Å². The fourth-order valence-corrected chi connectivity index (χ4v) is 2.55. The number of carbonyl (C=O) groups is 3. The molecule has 2 rings (SSSR count). The van der Waals surface area contributed by atoms with Crippen LogP contribution in [0, 0.1) is 17.0 Å².